The van der Waals surface area contributed by atoms with Crippen molar-refractivity contribution in [2.75, 3.05) is 9.80 Å². The van der Waals surface area contributed by atoms with Gasteiger partial charge in [-0.25, -0.2) is 9.80 Å². The number of hydrogen-bond acceptors (Lipinski definition) is 6. The standard InChI is InChI=1S/C28H24Cl2N4O4/c29-19-5-1-17(2-6-19)15-31-23-13-25(35)33(27(23)37)21-9-11-22(12-10-21)34-26(36)14-24(28(34)38)32-16-18-3-7-20(30)8-4-18/h1-12,23-24,31-32H,13-16H2. The lowest BCUT2D eigenvalue weighted by atomic mass is 10.2. The Labute approximate surface area is 229 Å². The van der Waals surface area contributed by atoms with Gasteiger partial charge in [-0.15, -0.1) is 0 Å². The van der Waals surface area contributed by atoms with Crippen LogP contribution in [0.25, 0.3) is 0 Å². The van der Waals surface area contributed by atoms with Crippen LogP contribution in [0.5, 0.6) is 0 Å². The molecule has 3 aromatic rings. The predicted octanol–water partition coefficient (Wildman–Crippen LogP) is 3.84. The number of hydrogen-bond donors (Lipinski definition) is 2. The Balaban J connectivity index is 1.21. The highest BCUT2D eigenvalue weighted by molar-refractivity contribution is 6.30. The van der Waals surface area contributed by atoms with Crippen molar-refractivity contribution in [2.45, 2.75) is 38.0 Å². The maximum Gasteiger partial charge on any atom is 0.251 e. The Kier molecular flexibility index (Phi) is 7.58. The quantitative estimate of drug-likeness (QED) is 0.413. The molecule has 2 unspecified atom stereocenters. The predicted molar refractivity (Wildman–Crippen MR) is 145 cm³/mol. The smallest absolute Gasteiger partial charge is 0.251 e. The second-order valence-corrected chi connectivity index (χ2v) is 10.1. The summed E-state index contributed by atoms with van der Waals surface area (Å²) < 4.78 is 0. The number of rotatable bonds is 8. The Morgan fingerprint density at radius 2 is 0.921 bits per heavy atom. The molecule has 2 aliphatic heterocycles. The van der Waals surface area contributed by atoms with Gasteiger partial charge in [0.05, 0.1) is 36.3 Å². The molecule has 2 atom stereocenters. The van der Waals surface area contributed by atoms with E-state index in [1.54, 1.807) is 48.5 Å². The number of benzene rings is 3. The molecular formula is C28H24Cl2N4O4. The van der Waals surface area contributed by atoms with Crippen LogP contribution in [0, 0.1) is 0 Å². The van der Waals surface area contributed by atoms with E-state index in [2.05, 4.69) is 10.6 Å². The van der Waals surface area contributed by atoms with Crippen LogP contribution in [0.1, 0.15) is 24.0 Å². The van der Waals surface area contributed by atoms with E-state index in [-0.39, 0.29) is 36.5 Å². The van der Waals surface area contributed by atoms with E-state index in [0.29, 0.717) is 34.5 Å². The number of carbonyl (C=O) groups is 4. The van der Waals surface area contributed by atoms with E-state index in [9.17, 15) is 19.2 Å². The molecule has 0 bridgehead atoms. The van der Waals surface area contributed by atoms with Gasteiger partial charge in [0.2, 0.25) is 11.8 Å². The summed E-state index contributed by atoms with van der Waals surface area (Å²) in [6.07, 6.45) is 0.0798. The van der Waals surface area contributed by atoms with Crippen LogP contribution in [0.15, 0.2) is 72.8 Å². The van der Waals surface area contributed by atoms with E-state index in [0.717, 1.165) is 20.9 Å². The summed E-state index contributed by atoms with van der Waals surface area (Å²) in [6.45, 7) is 0.833. The fraction of sp³-hybridized carbons (Fsp3) is 0.214. The van der Waals surface area contributed by atoms with Crippen molar-refractivity contribution in [3.63, 3.8) is 0 Å². The summed E-state index contributed by atoms with van der Waals surface area (Å²) in [6, 6.07) is 19.5. The van der Waals surface area contributed by atoms with Crippen LogP contribution in [-0.4, -0.2) is 35.7 Å². The zero-order chi connectivity index (χ0) is 26.8. The summed E-state index contributed by atoms with van der Waals surface area (Å²) in [7, 11) is 0. The van der Waals surface area contributed by atoms with Crippen LogP contribution < -0.4 is 20.4 Å². The van der Waals surface area contributed by atoms with Gasteiger partial charge in [0.25, 0.3) is 11.8 Å². The minimum absolute atomic E-state index is 0.0399. The molecule has 38 heavy (non-hydrogen) atoms. The fourth-order valence-corrected chi connectivity index (χ4v) is 4.81. The highest BCUT2D eigenvalue weighted by Crippen LogP contribution is 2.29. The normalized spacial score (nSPS) is 19.6. The zero-order valence-corrected chi connectivity index (χ0v) is 21.7. The second-order valence-electron chi connectivity index (χ2n) is 9.18. The molecular weight excluding hydrogens is 527 g/mol. The highest BCUT2D eigenvalue weighted by atomic mass is 35.5. The first-order valence-electron chi connectivity index (χ1n) is 12.1. The molecule has 0 radical (unpaired) electrons. The van der Waals surface area contributed by atoms with Crippen molar-refractivity contribution >= 4 is 58.2 Å². The summed E-state index contributed by atoms with van der Waals surface area (Å²) in [5.74, 6) is -1.35. The van der Waals surface area contributed by atoms with E-state index >= 15 is 0 Å². The third kappa shape index (κ3) is 5.49. The van der Waals surface area contributed by atoms with E-state index < -0.39 is 12.1 Å². The van der Waals surface area contributed by atoms with Gasteiger partial charge in [0.15, 0.2) is 0 Å². The third-order valence-corrected chi connectivity index (χ3v) is 7.10. The van der Waals surface area contributed by atoms with Crippen LogP contribution >= 0.6 is 23.2 Å². The van der Waals surface area contributed by atoms with Gasteiger partial charge in [-0.05, 0) is 59.7 Å². The number of anilines is 2. The van der Waals surface area contributed by atoms with Crippen molar-refractivity contribution in [2.24, 2.45) is 0 Å². The number of halogens is 2. The van der Waals surface area contributed by atoms with Gasteiger partial charge < -0.3 is 10.6 Å². The highest BCUT2D eigenvalue weighted by Gasteiger charge is 2.41. The Hall–Kier alpha value is -3.56. The van der Waals surface area contributed by atoms with Crippen molar-refractivity contribution in [3.05, 3.63) is 94.0 Å². The molecule has 2 N–H and O–H groups in total. The van der Waals surface area contributed by atoms with Gasteiger partial charge in [-0.1, -0.05) is 47.5 Å². The maximum atomic E-state index is 13.0. The first-order chi connectivity index (χ1) is 18.3. The molecule has 4 amide bonds. The molecule has 3 aromatic carbocycles. The number of amides is 4. The number of nitrogens with zero attached hydrogens (tertiary/aromatic N) is 2. The van der Waals surface area contributed by atoms with Crippen molar-refractivity contribution in [1.29, 1.82) is 0 Å². The lowest BCUT2D eigenvalue weighted by Crippen LogP contribution is -2.39. The van der Waals surface area contributed by atoms with Crippen LogP contribution in [0.4, 0.5) is 11.4 Å². The maximum absolute atomic E-state index is 13.0. The van der Waals surface area contributed by atoms with E-state index in [1.165, 1.54) is 0 Å². The van der Waals surface area contributed by atoms with Gasteiger partial charge in [0.1, 0.15) is 0 Å². The molecule has 5 rings (SSSR count). The lowest BCUT2D eigenvalue weighted by molar-refractivity contribution is -0.123. The third-order valence-electron chi connectivity index (χ3n) is 6.59. The van der Waals surface area contributed by atoms with Gasteiger partial charge in [-0.3, -0.25) is 19.2 Å². The Morgan fingerprint density at radius 3 is 1.26 bits per heavy atom. The molecule has 0 spiro atoms. The van der Waals surface area contributed by atoms with E-state index in [1.807, 2.05) is 24.3 Å². The summed E-state index contributed by atoms with van der Waals surface area (Å²) in [5, 5.41) is 7.51. The Morgan fingerprint density at radius 1 is 0.579 bits per heavy atom. The minimum atomic E-state index is -0.646. The SMILES string of the molecule is O=C1CC(NCc2ccc(Cl)cc2)C(=O)N1c1ccc(N2C(=O)CC(NCc3ccc(Cl)cc3)C2=O)cc1. The molecule has 2 aliphatic rings. The molecule has 10 heteroatoms. The first kappa shape index (κ1) is 26.1. The van der Waals surface area contributed by atoms with Gasteiger partial charge >= 0.3 is 0 Å². The molecule has 2 saturated heterocycles. The van der Waals surface area contributed by atoms with Crippen LogP contribution in [0.2, 0.25) is 10.0 Å². The van der Waals surface area contributed by atoms with Crippen molar-refractivity contribution < 1.29 is 19.2 Å². The van der Waals surface area contributed by atoms with Crippen molar-refractivity contribution in [3.8, 4) is 0 Å². The summed E-state index contributed by atoms with van der Waals surface area (Å²) in [4.78, 5) is 53.5. The topological polar surface area (TPSA) is 98.8 Å². The van der Waals surface area contributed by atoms with Gasteiger partial charge in [-0.2, -0.15) is 0 Å². The zero-order valence-electron chi connectivity index (χ0n) is 20.2. The largest absolute Gasteiger partial charge is 0.301 e. The minimum Gasteiger partial charge on any atom is -0.301 e. The average Bonchev–Trinajstić information content (AvgIpc) is 3.36. The molecule has 194 valence electrons. The second kappa shape index (κ2) is 11.0. The summed E-state index contributed by atoms with van der Waals surface area (Å²) in [5.41, 5.74) is 2.66. The van der Waals surface area contributed by atoms with Crippen LogP contribution in [-0.2, 0) is 32.3 Å². The molecule has 0 aliphatic carbocycles. The van der Waals surface area contributed by atoms with Crippen molar-refractivity contribution in [1.82, 2.24) is 10.6 Å². The molecule has 2 fully saturated rings. The lowest BCUT2D eigenvalue weighted by Gasteiger charge is -2.19. The molecule has 0 saturated carbocycles. The number of carbonyl (C=O) groups excluding carboxylic acids is 4. The average molecular weight is 551 g/mol. The summed E-state index contributed by atoms with van der Waals surface area (Å²) >= 11 is 11.8. The van der Waals surface area contributed by atoms with Gasteiger partial charge in [0, 0.05) is 23.1 Å². The molecule has 2 heterocycles. The van der Waals surface area contributed by atoms with E-state index in [4.69, 9.17) is 23.2 Å². The number of nitrogens with one attached hydrogen (secondary N) is 2. The fourth-order valence-electron chi connectivity index (χ4n) is 4.56. The molecule has 0 aromatic heterocycles. The number of imide groups is 2. The monoisotopic (exact) mass is 550 g/mol. The Bertz CT molecular complexity index is 1270. The first-order valence-corrected chi connectivity index (χ1v) is 12.8. The molecule has 8 nitrogen and oxygen atoms in total. The van der Waals surface area contributed by atoms with Crippen LogP contribution in [0.3, 0.4) is 0 Å².